The number of nitro groups is 1. The molecule has 30 heavy (non-hydrogen) atoms. The molecule has 150 valence electrons. The molecule has 0 aliphatic heterocycles. The average Bonchev–Trinajstić information content (AvgIpc) is 2.74. The molecule has 0 spiro atoms. The van der Waals surface area contributed by atoms with E-state index in [0.29, 0.717) is 15.6 Å². The molecule has 0 amide bonds. The van der Waals surface area contributed by atoms with E-state index in [2.05, 4.69) is 15.9 Å². The highest BCUT2D eigenvalue weighted by Gasteiger charge is 2.18. The standard InChI is InChI=1S/C21H13BrN2O5S/c22-18-8-11-21(29-30(27,28)20-4-2-1-3-5-20)16(13-18)12-17(14-23)15-6-9-19(10-7-15)24(25)26/h1-13H/b17-12+. The fourth-order valence-corrected chi connectivity index (χ4v) is 3.91. The van der Waals surface area contributed by atoms with Crippen LogP contribution in [0.15, 0.2) is 82.2 Å². The van der Waals surface area contributed by atoms with Gasteiger partial charge in [-0.05, 0) is 54.1 Å². The first-order valence-corrected chi connectivity index (χ1v) is 10.7. The van der Waals surface area contributed by atoms with Crippen LogP contribution in [-0.4, -0.2) is 13.3 Å². The molecule has 0 N–H and O–H groups in total. The van der Waals surface area contributed by atoms with E-state index < -0.39 is 15.0 Å². The fourth-order valence-electron chi connectivity index (χ4n) is 2.56. The van der Waals surface area contributed by atoms with E-state index in [4.69, 9.17) is 4.18 Å². The van der Waals surface area contributed by atoms with Gasteiger partial charge in [0.2, 0.25) is 0 Å². The Morgan fingerprint density at radius 2 is 1.73 bits per heavy atom. The lowest BCUT2D eigenvalue weighted by Crippen LogP contribution is -2.10. The molecule has 3 aromatic rings. The van der Waals surface area contributed by atoms with Crippen LogP contribution in [0.3, 0.4) is 0 Å². The summed E-state index contributed by atoms with van der Waals surface area (Å²) in [6.07, 6.45) is 1.46. The van der Waals surface area contributed by atoms with Crippen LogP contribution in [0.1, 0.15) is 11.1 Å². The van der Waals surface area contributed by atoms with Gasteiger partial charge in [0.25, 0.3) is 5.69 Å². The molecule has 0 radical (unpaired) electrons. The summed E-state index contributed by atoms with van der Waals surface area (Å²) in [7, 11) is -4.07. The summed E-state index contributed by atoms with van der Waals surface area (Å²) in [5.41, 5.74) is 0.875. The highest BCUT2D eigenvalue weighted by atomic mass is 79.9. The number of nitrogens with zero attached hydrogens (tertiary/aromatic N) is 2. The van der Waals surface area contributed by atoms with Crippen LogP contribution in [0.2, 0.25) is 0 Å². The van der Waals surface area contributed by atoms with Gasteiger partial charge in [-0.2, -0.15) is 13.7 Å². The molecule has 0 saturated heterocycles. The quantitative estimate of drug-likeness (QED) is 0.156. The molecule has 0 unspecified atom stereocenters. The number of nitro benzene ring substituents is 1. The zero-order valence-corrected chi connectivity index (χ0v) is 17.6. The highest BCUT2D eigenvalue weighted by Crippen LogP contribution is 2.30. The van der Waals surface area contributed by atoms with Crippen molar-refractivity contribution >= 4 is 43.4 Å². The van der Waals surface area contributed by atoms with Gasteiger partial charge in [0.1, 0.15) is 10.6 Å². The second kappa shape index (κ2) is 8.90. The van der Waals surface area contributed by atoms with Crippen molar-refractivity contribution in [2.45, 2.75) is 4.90 Å². The molecule has 7 nitrogen and oxygen atoms in total. The normalized spacial score (nSPS) is 11.5. The number of hydrogen-bond acceptors (Lipinski definition) is 6. The molecule has 9 heteroatoms. The minimum Gasteiger partial charge on any atom is -0.378 e. The third kappa shape index (κ3) is 4.92. The lowest BCUT2D eigenvalue weighted by atomic mass is 10.0. The average molecular weight is 485 g/mol. The van der Waals surface area contributed by atoms with E-state index in [0.717, 1.165) is 0 Å². The number of hydrogen-bond donors (Lipinski definition) is 0. The van der Waals surface area contributed by atoms with Crippen molar-refractivity contribution in [3.8, 4) is 11.8 Å². The van der Waals surface area contributed by atoms with Gasteiger partial charge in [0.05, 0.1) is 16.6 Å². The summed E-state index contributed by atoms with van der Waals surface area (Å²) in [4.78, 5) is 10.3. The van der Waals surface area contributed by atoms with Crippen molar-refractivity contribution in [3.63, 3.8) is 0 Å². The van der Waals surface area contributed by atoms with Gasteiger partial charge in [0, 0.05) is 22.2 Å². The van der Waals surface area contributed by atoms with Gasteiger partial charge in [-0.3, -0.25) is 10.1 Å². The lowest BCUT2D eigenvalue weighted by Gasteiger charge is -2.10. The van der Waals surface area contributed by atoms with Crippen molar-refractivity contribution in [3.05, 3.63) is 98.5 Å². The van der Waals surface area contributed by atoms with E-state index in [1.807, 2.05) is 6.07 Å². The predicted molar refractivity (Wildman–Crippen MR) is 115 cm³/mol. The van der Waals surface area contributed by atoms with Gasteiger partial charge in [0.15, 0.2) is 0 Å². The smallest absolute Gasteiger partial charge is 0.339 e. The Kier molecular flexibility index (Phi) is 6.30. The molecule has 0 aliphatic carbocycles. The molecule has 0 saturated carbocycles. The minimum atomic E-state index is -4.07. The van der Waals surface area contributed by atoms with E-state index in [1.54, 1.807) is 30.3 Å². The highest BCUT2D eigenvalue weighted by molar-refractivity contribution is 9.10. The Bertz CT molecular complexity index is 1260. The molecule has 0 atom stereocenters. The molecule has 0 fully saturated rings. The number of halogens is 1. The summed E-state index contributed by atoms with van der Waals surface area (Å²) < 4.78 is 31.1. The van der Waals surface area contributed by atoms with Gasteiger partial charge in [-0.1, -0.05) is 34.1 Å². The van der Waals surface area contributed by atoms with E-state index in [-0.39, 0.29) is 21.9 Å². The van der Waals surface area contributed by atoms with Crippen molar-refractivity contribution in [1.29, 1.82) is 5.26 Å². The van der Waals surface area contributed by atoms with Crippen LogP contribution in [0.25, 0.3) is 11.6 Å². The van der Waals surface area contributed by atoms with E-state index in [9.17, 15) is 23.8 Å². The maximum absolute atomic E-state index is 12.6. The summed E-state index contributed by atoms with van der Waals surface area (Å²) in [6, 6.07) is 19.9. The van der Waals surface area contributed by atoms with Crippen LogP contribution in [0.5, 0.6) is 5.75 Å². The Morgan fingerprint density at radius 3 is 2.33 bits per heavy atom. The van der Waals surface area contributed by atoms with Crippen LogP contribution < -0.4 is 4.18 Å². The maximum Gasteiger partial charge on any atom is 0.339 e. The van der Waals surface area contributed by atoms with E-state index in [1.165, 1.54) is 48.5 Å². The first-order valence-electron chi connectivity index (χ1n) is 8.46. The van der Waals surface area contributed by atoms with Gasteiger partial charge >= 0.3 is 10.1 Å². The molecule has 0 bridgehead atoms. The first kappa shape index (κ1) is 21.2. The zero-order valence-electron chi connectivity index (χ0n) is 15.2. The van der Waals surface area contributed by atoms with Crippen molar-refractivity contribution < 1.29 is 17.5 Å². The van der Waals surface area contributed by atoms with Crippen LogP contribution >= 0.6 is 15.9 Å². The topological polar surface area (TPSA) is 110 Å². The number of nitriles is 1. The Hall–Kier alpha value is -3.48. The van der Waals surface area contributed by atoms with Crippen molar-refractivity contribution in [2.75, 3.05) is 0 Å². The van der Waals surface area contributed by atoms with Gasteiger partial charge in [-0.25, -0.2) is 0 Å². The largest absolute Gasteiger partial charge is 0.378 e. The molecule has 3 rings (SSSR count). The second-order valence-electron chi connectivity index (χ2n) is 6.01. The number of allylic oxidation sites excluding steroid dienone is 1. The summed E-state index contributed by atoms with van der Waals surface area (Å²) in [5.74, 6) is 0.0386. The van der Waals surface area contributed by atoms with Crippen molar-refractivity contribution in [1.82, 2.24) is 0 Å². The lowest BCUT2D eigenvalue weighted by molar-refractivity contribution is -0.384. The monoisotopic (exact) mass is 484 g/mol. The van der Waals surface area contributed by atoms with Gasteiger partial charge < -0.3 is 4.18 Å². The Morgan fingerprint density at radius 1 is 1.07 bits per heavy atom. The third-order valence-corrected chi connectivity index (χ3v) is 5.75. The fraction of sp³-hybridized carbons (Fsp3) is 0. The van der Waals surface area contributed by atoms with Crippen LogP contribution in [-0.2, 0) is 10.1 Å². The number of rotatable bonds is 6. The molecule has 3 aromatic carbocycles. The van der Waals surface area contributed by atoms with E-state index >= 15 is 0 Å². The Balaban J connectivity index is 2.02. The third-order valence-electron chi connectivity index (χ3n) is 4.01. The first-order chi connectivity index (χ1) is 14.3. The molecular weight excluding hydrogens is 472 g/mol. The van der Waals surface area contributed by atoms with Crippen LogP contribution in [0.4, 0.5) is 5.69 Å². The maximum atomic E-state index is 12.6. The molecule has 0 heterocycles. The van der Waals surface area contributed by atoms with Gasteiger partial charge in [-0.15, -0.1) is 0 Å². The number of non-ortho nitro benzene ring substituents is 1. The summed E-state index contributed by atoms with van der Waals surface area (Å²) in [5, 5.41) is 20.4. The molecular formula is C21H13BrN2O5S. The van der Waals surface area contributed by atoms with Crippen molar-refractivity contribution in [2.24, 2.45) is 0 Å². The molecule has 0 aromatic heterocycles. The second-order valence-corrected chi connectivity index (χ2v) is 8.47. The minimum absolute atomic E-state index is 0.00118. The Labute approximate surface area is 181 Å². The molecule has 0 aliphatic rings. The van der Waals surface area contributed by atoms with Crippen LogP contribution in [0, 0.1) is 21.4 Å². The zero-order chi connectivity index (χ0) is 21.7. The predicted octanol–water partition coefficient (Wildman–Crippen LogP) is 5.19. The SMILES string of the molecule is N#C/C(=C\c1cc(Br)ccc1OS(=O)(=O)c1ccccc1)c1ccc([N+](=O)[O-])cc1. The number of benzene rings is 3. The summed E-state index contributed by atoms with van der Waals surface area (Å²) in [6.45, 7) is 0. The summed E-state index contributed by atoms with van der Waals surface area (Å²) >= 11 is 3.32.